The van der Waals surface area contributed by atoms with E-state index in [1.165, 1.54) is 7.11 Å². The molecular weight excluding hydrogens is 318 g/mol. The van der Waals surface area contributed by atoms with Gasteiger partial charge in [-0.15, -0.1) is 0 Å². The average molecular weight is 332 g/mol. The van der Waals surface area contributed by atoms with Gasteiger partial charge in [0.05, 0.1) is 12.8 Å². The zero-order valence-electron chi connectivity index (χ0n) is 12.4. The van der Waals surface area contributed by atoms with Gasteiger partial charge in [0.2, 0.25) is 0 Å². The van der Waals surface area contributed by atoms with E-state index < -0.39 is 5.97 Å². The van der Waals surface area contributed by atoms with Crippen LogP contribution >= 0.6 is 11.6 Å². The van der Waals surface area contributed by atoms with Crippen LogP contribution in [0.15, 0.2) is 47.0 Å². The number of fused-ring (bicyclic) bond motifs is 1. The Labute approximate surface area is 137 Å². The molecule has 0 saturated carbocycles. The fraction of sp³-hybridized carbons (Fsp3) is 0.176. The maximum atomic E-state index is 11.1. The number of aromatic nitrogens is 1. The van der Waals surface area contributed by atoms with Crippen LogP contribution in [0.2, 0.25) is 5.02 Å². The second-order valence-electron chi connectivity index (χ2n) is 4.96. The molecule has 1 heterocycles. The third-order valence-corrected chi connectivity index (χ3v) is 3.64. The minimum atomic E-state index is -0.439. The van der Waals surface area contributed by atoms with Gasteiger partial charge in [0.25, 0.3) is 0 Å². The fourth-order valence-corrected chi connectivity index (χ4v) is 2.31. The molecule has 23 heavy (non-hydrogen) atoms. The minimum absolute atomic E-state index is 0.145. The van der Waals surface area contributed by atoms with Crippen molar-refractivity contribution in [2.45, 2.75) is 6.42 Å². The van der Waals surface area contributed by atoms with Crippen molar-refractivity contribution in [2.75, 3.05) is 13.7 Å². The normalized spacial score (nSPS) is 10.7. The summed E-state index contributed by atoms with van der Waals surface area (Å²) in [6.45, 7) is -0.145. The van der Waals surface area contributed by atoms with Gasteiger partial charge >= 0.3 is 5.97 Å². The Hall–Kier alpha value is -2.53. The summed E-state index contributed by atoms with van der Waals surface area (Å²) in [5.74, 6) is 0.0863. The summed E-state index contributed by atoms with van der Waals surface area (Å²) >= 11 is 5.89. The van der Waals surface area contributed by atoms with Crippen molar-refractivity contribution in [2.24, 2.45) is 0 Å². The third kappa shape index (κ3) is 3.63. The van der Waals surface area contributed by atoms with Crippen LogP contribution in [0.1, 0.15) is 11.3 Å². The molecule has 0 aliphatic heterocycles. The molecular formula is C17H14ClNO4. The van der Waals surface area contributed by atoms with Gasteiger partial charge in [-0.3, -0.25) is 0 Å². The van der Waals surface area contributed by atoms with E-state index in [1.807, 2.05) is 30.3 Å². The molecule has 3 aromatic rings. The number of methoxy groups -OCH3 is 1. The molecule has 2 aromatic carbocycles. The van der Waals surface area contributed by atoms with Crippen molar-refractivity contribution < 1.29 is 18.8 Å². The average Bonchev–Trinajstić information content (AvgIpc) is 2.97. The minimum Gasteiger partial charge on any atom is -0.482 e. The van der Waals surface area contributed by atoms with Gasteiger partial charge in [-0.2, -0.15) is 0 Å². The lowest BCUT2D eigenvalue weighted by Gasteiger charge is -2.04. The van der Waals surface area contributed by atoms with Crippen molar-refractivity contribution in [3.8, 4) is 5.75 Å². The fourth-order valence-electron chi connectivity index (χ4n) is 2.18. The first-order valence-corrected chi connectivity index (χ1v) is 7.36. The van der Waals surface area contributed by atoms with Crippen LogP contribution in [0.4, 0.5) is 0 Å². The van der Waals surface area contributed by atoms with Crippen molar-refractivity contribution in [3.63, 3.8) is 0 Å². The van der Waals surface area contributed by atoms with E-state index in [4.69, 9.17) is 20.9 Å². The molecule has 0 spiro atoms. The Morgan fingerprint density at radius 1 is 1.22 bits per heavy atom. The smallest absolute Gasteiger partial charge is 0.343 e. The topological polar surface area (TPSA) is 61.6 Å². The number of hydrogen-bond acceptors (Lipinski definition) is 5. The van der Waals surface area contributed by atoms with Gasteiger partial charge in [-0.1, -0.05) is 28.9 Å². The Kier molecular flexibility index (Phi) is 4.48. The van der Waals surface area contributed by atoms with Gasteiger partial charge in [0, 0.05) is 22.9 Å². The number of benzene rings is 2. The van der Waals surface area contributed by atoms with Crippen molar-refractivity contribution in [3.05, 3.63) is 58.7 Å². The highest BCUT2D eigenvalue weighted by molar-refractivity contribution is 6.30. The summed E-state index contributed by atoms with van der Waals surface area (Å²) in [6.07, 6.45) is 0.645. The van der Waals surface area contributed by atoms with Crippen LogP contribution < -0.4 is 4.74 Å². The summed E-state index contributed by atoms with van der Waals surface area (Å²) in [7, 11) is 1.31. The molecule has 0 aliphatic rings. The molecule has 0 bridgehead atoms. The number of carbonyl (C=O) groups is 1. The highest BCUT2D eigenvalue weighted by atomic mass is 35.5. The maximum absolute atomic E-state index is 11.1. The quantitative estimate of drug-likeness (QED) is 0.668. The number of hydrogen-bond donors (Lipinski definition) is 0. The van der Waals surface area contributed by atoms with Gasteiger partial charge in [-0.05, 0) is 29.8 Å². The zero-order valence-corrected chi connectivity index (χ0v) is 13.2. The Morgan fingerprint density at radius 3 is 2.74 bits per heavy atom. The van der Waals surface area contributed by atoms with Crippen LogP contribution in [-0.4, -0.2) is 24.8 Å². The number of rotatable bonds is 5. The first kappa shape index (κ1) is 15.4. The molecule has 0 aliphatic carbocycles. The molecule has 118 valence electrons. The summed E-state index contributed by atoms with van der Waals surface area (Å²) in [5.41, 5.74) is 2.54. The van der Waals surface area contributed by atoms with Crippen LogP contribution in [-0.2, 0) is 16.0 Å². The van der Waals surface area contributed by atoms with E-state index in [0.717, 1.165) is 16.6 Å². The summed E-state index contributed by atoms with van der Waals surface area (Å²) in [6, 6.07) is 12.9. The standard InChI is InChI=1S/C17H14ClNO4/c1-21-17(20)10-22-13-6-7-14-15(19-23-16(14)9-13)8-11-2-4-12(18)5-3-11/h2-7,9H,8,10H2,1H3. The van der Waals surface area contributed by atoms with Crippen molar-refractivity contribution in [1.29, 1.82) is 0 Å². The Bertz CT molecular complexity index is 826. The van der Waals surface area contributed by atoms with Gasteiger partial charge < -0.3 is 14.0 Å². The van der Waals surface area contributed by atoms with Crippen LogP contribution in [0, 0.1) is 0 Å². The zero-order chi connectivity index (χ0) is 16.2. The van der Waals surface area contributed by atoms with E-state index >= 15 is 0 Å². The maximum Gasteiger partial charge on any atom is 0.343 e. The molecule has 1 aromatic heterocycles. The van der Waals surface area contributed by atoms with Gasteiger partial charge in [0.15, 0.2) is 12.2 Å². The van der Waals surface area contributed by atoms with E-state index in [1.54, 1.807) is 12.1 Å². The Balaban J connectivity index is 1.78. The molecule has 0 amide bonds. The molecule has 0 fully saturated rings. The Morgan fingerprint density at radius 2 is 2.00 bits per heavy atom. The van der Waals surface area contributed by atoms with Crippen LogP contribution in [0.3, 0.4) is 0 Å². The number of carbonyl (C=O) groups excluding carboxylic acids is 1. The third-order valence-electron chi connectivity index (χ3n) is 3.39. The lowest BCUT2D eigenvalue weighted by Crippen LogP contribution is -2.12. The van der Waals surface area contributed by atoms with E-state index in [-0.39, 0.29) is 6.61 Å². The van der Waals surface area contributed by atoms with E-state index in [0.29, 0.717) is 22.8 Å². The first-order valence-electron chi connectivity index (χ1n) is 6.98. The number of halogens is 1. The SMILES string of the molecule is COC(=O)COc1ccc2c(Cc3ccc(Cl)cc3)noc2c1. The molecule has 0 unspecified atom stereocenters. The van der Waals surface area contributed by atoms with Crippen LogP contribution in [0.25, 0.3) is 11.0 Å². The number of esters is 1. The molecule has 0 N–H and O–H groups in total. The van der Waals surface area contributed by atoms with Gasteiger partial charge in [0.1, 0.15) is 5.75 Å². The predicted octanol–water partition coefficient (Wildman–Crippen LogP) is 3.62. The summed E-state index contributed by atoms with van der Waals surface area (Å²) < 4.78 is 15.2. The lowest BCUT2D eigenvalue weighted by atomic mass is 10.1. The largest absolute Gasteiger partial charge is 0.482 e. The first-order chi connectivity index (χ1) is 11.2. The molecule has 0 saturated heterocycles. The number of nitrogens with zero attached hydrogens (tertiary/aromatic N) is 1. The molecule has 6 heteroatoms. The summed E-state index contributed by atoms with van der Waals surface area (Å²) in [4.78, 5) is 11.1. The highest BCUT2D eigenvalue weighted by Gasteiger charge is 2.11. The highest BCUT2D eigenvalue weighted by Crippen LogP contribution is 2.25. The van der Waals surface area contributed by atoms with Crippen molar-refractivity contribution in [1.82, 2.24) is 5.16 Å². The molecule has 0 radical (unpaired) electrons. The summed E-state index contributed by atoms with van der Waals surface area (Å²) in [5, 5.41) is 5.72. The second-order valence-corrected chi connectivity index (χ2v) is 5.39. The van der Waals surface area contributed by atoms with Crippen LogP contribution in [0.5, 0.6) is 5.75 Å². The monoisotopic (exact) mass is 331 g/mol. The predicted molar refractivity (Wildman–Crippen MR) is 85.8 cm³/mol. The lowest BCUT2D eigenvalue weighted by molar-refractivity contribution is -0.142. The van der Waals surface area contributed by atoms with E-state index in [9.17, 15) is 4.79 Å². The van der Waals surface area contributed by atoms with Gasteiger partial charge in [-0.25, -0.2) is 4.79 Å². The second kappa shape index (κ2) is 6.71. The molecule has 3 rings (SSSR count). The van der Waals surface area contributed by atoms with E-state index in [2.05, 4.69) is 9.89 Å². The molecule has 0 atom stereocenters. The van der Waals surface area contributed by atoms with Crippen molar-refractivity contribution >= 4 is 28.5 Å². The number of ether oxygens (including phenoxy) is 2. The molecule has 5 nitrogen and oxygen atoms in total.